The molecule has 1 atom stereocenters. The first-order valence-corrected chi connectivity index (χ1v) is 7.83. The van der Waals surface area contributed by atoms with Gasteiger partial charge in [-0.2, -0.15) is 0 Å². The van der Waals surface area contributed by atoms with Gasteiger partial charge in [0.2, 0.25) is 0 Å². The SMILES string of the molecule is O=C1NC(COCc2ccccc2)CN1c1ccc(Br)cn1. The zero-order chi connectivity index (χ0) is 15.4. The Balaban J connectivity index is 1.52. The van der Waals surface area contributed by atoms with Crippen molar-refractivity contribution >= 4 is 27.8 Å². The van der Waals surface area contributed by atoms with Gasteiger partial charge in [-0.25, -0.2) is 9.78 Å². The van der Waals surface area contributed by atoms with Gasteiger partial charge in [-0.05, 0) is 33.6 Å². The van der Waals surface area contributed by atoms with Crippen LogP contribution in [0.4, 0.5) is 10.6 Å². The van der Waals surface area contributed by atoms with E-state index >= 15 is 0 Å². The van der Waals surface area contributed by atoms with E-state index in [9.17, 15) is 4.79 Å². The third kappa shape index (κ3) is 3.64. The van der Waals surface area contributed by atoms with Gasteiger partial charge in [-0.1, -0.05) is 30.3 Å². The average Bonchev–Trinajstić information content (AvgIpc) is 2.90. The van der Waals surface area contributed by atoms with Crippen LogP contribution in [0.3, 0.4) is 0 Å². The molecule has 0 radical (unpaired) electrons. The van der Waals surface area contributed by atoms with Crippen LogP contribution in [0.1, 0.15) is 5.56 Å². The van der Waals surface area contributed by atoms with Gasteiger partial charge in [0.05, 0.1) is 25.8 Å². The lowest BCUT2D eigenvalue weighted by Crippen LogP contribution is -2.31. The Morgan fingerprint density at radius 2 is 2.09 bits per heavy atom. The molecule has 0 bridgehead atoms. The normalized spacial score (nSPS) is 17.6. The summed E-state index contributed by atoms with van der Waals surface area (Å²) in [4.78, 5) is 17.9. The van der Waals surface area contributed by atoms with E-state index in [0.717, 1.165) is 10.0 Å². The monoisotopic (exact) mass is 361 g/mol. The molecule has 1 fully saturated rings. The Morgan fingerprint density at radius 1 is 1.27 bits per heavy atom. The second-order valence-electron chi connectivity index (χ2n) is 5.09. The van der Waals surface area contributed by atoms with Crippen LogP contribution >= 0.6 is 15.9 Å². The van der Waals surface area contributed by atoms with E-state index in [4.69, 9.17) is 4.74 Å². The van der Waals surface area contributed by atoms with E-state index in [1.807, 2.05) is 42.5 Å². The van der Waals surface area contributed by atoms with Crippen molar-refractivity contribution in [2.24, 2.45) is 0 Å². The number of carbonyl (C=O) groups is 1. The lowest BCUT2D eigenvalue weighted by Gasteiger charge is -2.13. The molecule has 1 aromatic heterocycles. The maximum absolute atomic E-state index is 12.0. The van der Waals surface area contributed by atoms with Crippen molar-refractivity contribution in [3.05, 3.63) is 58.7 Å². The lowest BCUT2D eigenvalue weighted by molar-refractivity contribution is 0.107. The van der Waals surface area contributed by atoms with Crippen molar-refractivity contribution in [3.8, 4) is 0 Å². The van der Waals surface area contributed by atoms with Crippen LogP contribution in [0, 0.1) is 0 Å². The molecule has 3 rings (SSSR count). The van der Waals surface area contributed by atoms with Crippen molar-refractivity contribution < 1.29 is 9.53 Å². The van der Waals surface area contributed by atoms with Crippen molar-refractivity contribution in [2.75, 3.05) is 18.1 Å². The minimum absolute atomic E-state index is 0.0262. The van der Waals surface area contributed by atoms with Gasteiger partial charge in [0.15, 0.2) is 0 Å². The predicted molar refractivity (Wildman–Crippen MR) is 87.7 cm³/mol. The fourth-order valence-corrected chi connectivity index (χ4v) is 2.55. The summed E-state index contributed by atoms with van der Waals surface area (Å²) in [6, 6.07) is 13.5. The van der Waals surface area contributed by atoms with Gasteiger partial charge >= 0.3 is 6.03 Å². The first-order chi connectivity index (χ1) is 10.7. The summed E-state index contributed by atoms with van der Waals surface area (Å²) in [6.45, 7) is 1.58. The Hall–Kier alpha value is -1.92. The number of nitrogens with zero attached hydrogens (tertiary/aromatic N) is 2. The van der Waals surface area contributed by atoms with Crippen molar-refractivity contribution in [2.45, 2.75) is 12.6 Å². The number of amides is 2. The van der Waals surface area contributed by atoms with Crippen LogP contribution in [0.2, 0.25) is 0 Å². The number of nitrogens with one attached hydrogen (secondary N) is 1. The van der Waals surface area contributed by atoms with E-state index < -0.39 is 0 Å². The molecule has 114 valence electrons. The maximum atomic E-state index is 12.0. The molecule has 0 saturated carbocycles. The lowest BCUT2D eigenvalue weighted by atomic mass is 10.2. The zero-order valence-corrected chi connectivity index (χ0v) is 13.5. The number of ether oxygens (including phenoxy) is 1. The molecule has 2 heterocycles. The summed E-state index contributed by atoms with van der Waals surface area (Å²) in [5, 5.41) is 2.91. The van der Waals surface area contributed by atoms with E-state index in [2.05, 4.69) is 26.2 Å². The number of aromatic nitrogens is 1. The zero-order valence-electron chi connectivity index (χ0n) is 11.9. The molecule has 1 N–H and O–H groups in total. The molecule has 22 heavy (non-hydrogen) atoms. The third-order valence-electron chi connectivity index (χ3n) is 3.39. The van der Waals surface area contributed by atoms with Crippen LogP contribution in [-0.2, 0) is 11.3 Å². The molecule has 1 saturated heterocycles. The number of carbonyl (C=O) groups excluding carboxylic acids is 1. The Morgan fingerprint density at radius 3 is 2.82 bits per heavy atom. The first kappa shape index (κ1) is 15.0. The van der Waals surface area contributed by atoms with Gasteiger partial charge in [0, 0.05) is 10.7 Å². The van der Waals surface area contributed by atoms with Gasteiger partial charge in [0.25, 0.3) is 0 Å². The van der Waals surface area contributed by atoms with Crippen LogP contribution in [0.25, 0.3) is 0 Å². The molecule has 6 heteroatoms. The average molecular weight is 362 g/mol. The number of urea groups is 1. The fourth-order valence-electron chi connectivity index (χ4n) is 2.31. The minimum atomic E-state index is -0.136. The number of pyridine rings is 1. The second kappa shape index (κ2) is 6.89. The number of hydrogen-bond acceptors (Lipinski definition) is 3. The maximum Gasteiger partial charge on any atom is 0.323 e. The quantitative estimate of drug-likeness (QED) is 0.890. The largest absolute Gasteiger partial charge is 0.375 e. The van der Waals surface area contributed by atoms with Crippen LogP contribution in [0.5, 0.6) is 0 Å². The number of halogens is 1. The van der Waals surface area contributed by atoms with Crippen LogP contribution in [0.15, 0.2) is 53.1 Å². The predicted octanol–water partition coefficient (Wildman–Crippen LogP) is 2.96. The van der Waals surface area contributed by atoms with E-state index in [-0.39, 0.29) is 12.1 Å². The molecule has 5 nitrogen and oxygen atoms in total. The molecule has 0 aliphatic carbocycles. The summed E-state index contributed by atoms with van der Waals surface area (Å²) in [6.07, 6.45) is 1.68. The van der Waals surface area contributed by atoms with Crippen molar-refractivity contribution in [3.63, 3.8) is 0 Å². The standard InChI is InChI=1S/C16H16BrN3O2/c17-13-6-7-15(18-8-13)20-9-14(19-16(20)21)11-22-10-12-4-2-1-3-5-12/h1-8,14H,9-11H2,(H,19,21). The van der Waals surface area contributed by atoms with E-state index in [1.165, 1.54) is 0 Å². The van der Waals surface area contributed by atoms with E-state index in [0.29, 0.717) is 25.6 Å². The molecular formula is C16H16BrN3O2. The second-order valence-corrected chi connectivity index (χ2v) is 6.01. The summed E-state index contributed by atoms with van der Waals surface area (Å²) in [5.41, 5.74) is 1.12. The summed E-state index contributed by atoms with van der Waals surface area (Å²) in [7, 11) is 0. The summed E-state index contributed by atoms with van der Waals surface area (Å²) >= 11 is 3.34. The van der Waals surface area contributed by atoms with Gasteiger partial charge in [-0.15, -0.1) is 0 Å². The fraction of sp³-hybridized carbons (Fsp3) is 0.250. The first-order valence-electron chi connectivity index (χ1n) is 7.03. The van der Waals surface area contributed by atoms with Gasteiger partial charge < -0.3 is 10.1 Å². The van der Waals surface area contributed by atoms with Gasteiger partial charge in [-0.3, -0.25) is 4.90 Å². The Bertz CT molecular complexity index is 634. The molecule has 2 amide bonds. The topological polar surface area (TPSA) is 54.5 Å². The molecule has 0 spiro atoms. The molecule has 1 aliphatic rings. The number of hydrogen-bond donors (Lipinski definition) is 1. The number of rotatable bonds is 5. The number of benzene rings is 1. The van der Waals surface area contributed by atoms with Crippen molar-refractivity contribution in [1.29, 1.82) is 0 Å². The van der Waals surface area contributed by atoms with Crippen LogP contribution < -0.4 is 10.2 Å². The molecule has 1 unspecified atom stereocenters. The summed E-state index contributed by atoms with van der Waals surface area (Å²) < 4.78 is 6.57. The minimum Gasteiger partial charge on any atom is -0.375 e. The third-order valence-corrected chi connectivity index (χ3v) is 3.86. The Labute approximate surface area is 137 Å². The number of anilines is 1. The van der Waals surface area contributed by atoms with Crippen LogP contribution in [-0.4, -0.2) is 30.2 Å². The highest BCUT2D eigenvalue weighted by molar-refractivity contribution is 9.10. The highest BCUT2D eigenvalue weighted by Gasteiger charge is 2.30. The van der Waals surface area contributed by atoms with Crippen molar-refractivity contribution in [1.82, 2.24) is 10.3 Å². The smallest absolute Gasteiger partial charge is 0.323 e. The molecule has 1 aromatic carbocycles. The highest BCUT2D eigenvalue weighted by Crippen LogP contribution is 2.18. The van der Waals surface area contributed by atoms with Gasteiger partial charge in [0.1, 0.15) is 5.82 Å². The summed E-state index contributed by atoms with van der Waals surface area (Å²) in [5.74, 6) is 0.645. The Kier molecular flexibility index (Phi) is 4.70. The van der Waals surface area contributed by atoms with E-state index in [1.54, 1.807) is 11.1 Å². The highest BCUT2D eigenvalue weighted by atomic mass is 79.9. The molecule has 2 aromatic rings. The molecule has 1 aliphatic heterocycles. The molecular weight excluding hydrogens is 346 g/mol.